The van der Waals surface area contributed by atoms with Crippen LogP contribution >= 0.6 is 0 Å². The predicted molar refractivity (Wildman–Crippen MR) is 84.1 cm³/mol. The van der Waals surface area contributed by atoms with Crippen LogP contribution in [0.1, 0.15) is 43.9 Å². The summed E-state index contributed by atoms with van der Waals surface area (Å²) < 4.78 is 33.3. The SMILES string of the molecule is Cc1cc(-c2ccc(C(C)C)c(S(=O)(=O)NC3CC3)c2)on1. The molecular weight excluding hydrogens is 300 g/mol. The molecule has 3 rings (SSSR count). The summed E-state index contributed by atoms with van der Waals surface area (Å²) in [6, 6.07) is 7.31. The first-order valence-electron chi connectivity index (χ1n) is 7.47. The van der Waals surface area contributed by atoms with Gasteiger partial charge in [-0.2, -0.15) is 0 Å². The third kappa shape index (κ3) is 3.08. The molecule has 0 radical (unpaired) electrons. The molecule has 1 aliphatic carbocycles. The van der Waals surface area contributed by atoms with E-state index >= 15 is 0 Å². The largest absolute Gasteiger partial charge is 0.356 e. The highest BCUT2D eigenvalue weighted by atomic mass is 32.2. The number of hydrogen-bond donors (Lipinski definition) is 1. The molecule has 0 aliphatic heterocycles. The molecular formula is C16H20N2O3S. The number of benzene rings is 1. The standard InChI is InChI=1S/C16H20N2O3S/c1-10(2)14-7-4-12(15-8-11(3)17-21-15)9-16(14)22(19,20)18-13-5-6-13/h4,7-10,13,18H,5-6H2,1-3H3. The number of aromatic nitrogens is 1. The van der Waals surface area contributed by atoms with Crippen molar-refractivity contribution in [2.75, 3.05) is 0 Å². The van der Waals surface area contributed by atoms with E-state index in [0.29, 0.717) is 10.7 Å². The summed E-state index contributed by atoms with van der Waals surface area (Å²) in [4.78, 5) is 0.334. The van der Waals surface area contributed by atoms with Gasteiger partial charge in [-0.05, 0) is 37.3 Å². The van der Waals surface area contributed by atoms with Gasteiger partial charge in [0, 0.05) is 17.7 Å². The Kier molecular flexibility index (Phi) is 3.82. The topological polar surface area (TPSA) is 72.2 Å². The molecule has 0 bridgehead atoms. The lowest BCUT2D eigenvalue weighted by Gasteiger charge is -2.15. The minimum atomic E-state index is -3.51. The maximum absolute atomic E-state index is 12.6. The van der Waals surface area contributed by atoms with Crippen LogP contribution in [0.15, 0.2) is 33.7 Å². The highest BCUT2D eigenvalue weighted by molar-refractivity contribution is 7.89. The molecule has 22 heavy (non-hydrogen) atoms. The number of sulfonamides is 1. The number of rotatable bonds is 5. The quantitative estimate of drug-likeness (QED) is 0.918. The van der Waals surface area contributed by atoms with Crippen molar-refractivity contribution in [3.63, 3.8) is 0 Å². The summed E-state index contributed by atoms with van der Waals surface area (Å²) in [7, 11) is -3.51. The fourth-order valence-electron chi connectivity index (χ4n) is 2.38. The van der Waals surface area contributed by atoms with E-state index in [-0.39, 0.29) is 12.0 Å². The fraction of sp³-hybridized carbons (Fsp3) is 0.438. The predicted octanol–water partition coefficient (Wildman–Crippen LogP) is 3.21. The van der Waals surface area contributed by atoms with E-state index in [9.17, 15) is 8.42 Å². The van der Waals surface area contributed by atoms with Gasteiger partial charge < -0.3 is 4.52 Å². The van der Waals surface area contributed by atoms with Gasteiger partial charge in [-0.25, -0.2) is 13.1 Å². The van der Waals surface area contributed by atoms with Gasteiger partial charge in [-0.1, -0.05) is 31.1 Å². The molecule has 6 heteroatoms. The van der Waals surface area contributed by atoms with E-state index in [1.54, 1.807) is 12.1 Å². The molecule has 1 fully saturated rings. The van der Waals surface area contributed by atoms with Crippen LogP contribution in [-0.4, -0.2) is 19.6 Å². The van der Waals surface area contributed by atoms with Gasteiger partial charge in [-0.15, -0.1) is 0 Å². The molecule has 0 saturated heterocycles. The lowest BCUT2D eigenvalue weighted by molar-refractivity contribution is 0.427. The Morgan fingerprint density at radius 1 is 1.27 bits per heavy atom. The normalized spacial score (nSPS) is 15.5. The van der Waals surface area contributed by atoms with Gasteiger partial charge >= 0.3 is 0 Å². The van der Waals surface area contributed by atoms with E-state index in [1.807, 2.05) is 32.9 Å². The zero-order chi connectivity index (χ0) is 15.9. The maximum atomic E-state index is 12.6. The summed E-state index contributed by atoms with van der Waals surface area (Å²) in [6.45, 7) is 5.81. The average Bonchev–Trinajstić information content (AvgIpc) is 3.15. The molecule has 0 atom stereocenters. The van der Waals surface area contributed by atoms with Crippen molar-refractivity contribution in [2.24, 2.45) is 0 Å². The van der Waals surface area contributed by atoms with E-state index in [1.165, 1.54) is 0 Å². The van der Waals surface area contributed by atoms with Gasteiger partial charge in [0.1, 0.15) is 0 Å². The minimum absolute atomic E-state index is 0.0844. The summed E-state index contributed by atoms with van der Waals surface area (Å²) in [5.74, 6) is 0.701. The van der Waals surface area contributed by atoms with Crippen molar-refractivity contribution >= 4 is 10.0 Å². The lowest BCUT2D eigenvalue weighted by atomic mass is 10.0. The first-order valence-corrected chi connectivity index (χ1v) is 8.95. The Morgan fingerprint density at radius 3 is 2.55 bits per heavy atom. The zero-order valence-electron chi connectivity index (χ0n) is 13.0. The van der Waals surface area contributed by atoms with Gasteiger partial charge in [0.2, 0.25) is 10.0 Å². The molecule has 1 aromatic heterocycles. The van der Waals surface area contributed by atoms with Crippen LogP contribution in [0.5, 0.6) is 0 Å². The van der Waals surface area contributed by atoms with E-state index < -0.39 is 10.0 Å². The summed E-state index contributed by atoms with van der Waals surface area (Å²) >= 11 is 0. The highest BCUT2D eigenvalue weighted by Gasteiger charge is 2.30. The number of nitrogens with one attached hydrogen (secondary N) is 1. The van der Waals surface area contributed by atoms with Crippen molar-refractivity contribution in [1.82, 2.24) is 9.88 Å². The maximum Gasteiger partial charge on any atom is 0.241 e. The second kappa shape index (κ2) is 5.52. The van der Waals surface area contributed by atoms with E-state index in [4.69, 9.17) is 4.52 Å². The Balaban J connectivity index is 2.08. The first-order chi connectivity index (χ1) is 10.4. The fourth-order valence-corrected chi connectivity index (χ4v) is 4.08. The molecule has 0 amide bonds. The molecule has 1 saturated carbocycles. The van der Waals surface area contributed by atoms with Crippen LogP contribution in [0.3, 0.4) is 0 Å². The highest BCUT2D eigenvalue weighted by Crippen LogP contribution is 2.31. The monoisotopic (exact) mass is 320 g/mol. The van der Waals surface area contributed by atoms with Crippen LogP contribution in [0.4, 0.5) is 0 Å². The average molecular weight is 320 g/mol. The van der Waals surface area contributed by atoms with Crippen molar-refractivity contribution in [1.29, 1.82) is 0 Å². The van der Waals surface area contributed by atoms with E-state index in [2.05, 4.69) is 9.88 Å². The number of aryl methyl sites for hydroxylation is 1. The van der Waals surface area contributed by atoms with Crippen LogP contribution in [0, 0.1) is 6.92 Å². The Bertz CT molecular complexity index is 789. The number of nitrogens with zero attached hydrogens (tertiary/aromatic N) is 1. The van der Waals surface area contributed by atoms with Crippen molar-refractivity contribution in [2.45, 2.75) is 50.5 Å². The van der Waals surface area contributed by atoms with Crippen molar-refractivity contribution in [3.8, 4) is 11.3 Å². The third-order valence-electron chi connectivity index (χ3n) is 3.74. The molecule has 2 aromatic rings. The Hall–Kier alpha value is -1.66. The van der Waals surface area contributed by atoms with Crippen LogP contribution in [0.2, 0.25) is 0 Å². The summed E-state index contributed by atoms with van der Waals surface area (Å²) in [6.07, 6.45) is 1.83. The first kappa shape index (κ1) is 15.2. The van der Waals surface area contributed by atoms with Gasteiger partial charge in [-0.3, -0.25) is 0 Å². The van der Waals surface area contributed by atoms with Gasteiger partial charge in [0.05, 0.1) is 10.6 Å². The molecule has 0 unspecified atom stereocenters. The summed E-state index contributed by atoms with van der Waals surface area (Å²) in [5.41, 5.74) is 2.30. The number of hydrogen-bond acceptors (Lipinski definition) is 4. The summed E-state index contributed by atoms with van der Waals surface area (Å²) in [5, 5.41) is 3.86. The smallest absolute Gasteiger partial charge is 0.241 e. The van der Waals surface area contributed by atoms with Crippen molar-refractivity contribution in [3.05, 3.63) is 35.5 Å². The lowest BCUT2D eigenvalue weighted by Crippen LogP contribution is -2.27. The Labute approximate surface area is 130 Å². The molecule has 5 nitrogen and oxygen atoms in total. The molecule has 0 spiro atoms. The second-order valence-corrected chi connectivity index (χ2v) is 7.82. The van der Waals surface area contributed by atoms with Crippen LogP contribution in [0.25, 0.3) is 11.3 Å². The van der Waals surface area contributed by atoms with Gasteiger partial charge in [0.15, 0.2) is 5.76 Å². The Morgan fingerprint density at radius 2 is 2.00 bits per heavy atom. The zero-order valence-corrected chi connectivity index (χ0v) is 13.8. The van der Waals surface area contributed by atoms with Gasteiger partial charge in [0.25, 0.3) is 0 Å². The molecule has 1 aliphatic rings. The molecule has 1 aromatic carbocycles. The van der Waals surface area contributed by atoms with Crippen LogP contribution < -0.4 is 4.72 Å². The minimum Gasteiger partial charge on any atom is -0.356 e. The molecule has 1 N–H and O–H groups in total. The van der Waals surface area contributed by atoms with Crippen LogP contribution in [-0.2, 0) is 10.0 Å². The molecule has 118 valence electrons. The second-order valence-electron chi connectivity index (χ2n) is 6.14. The molecule has 1 heterocycles. The van der Waals surface area contributed by atoms with E-state index in [0.717, 1.165) is 29.7 Å². The van der Waals surface area contributed by atoms with Crippen molar-refractivity contribution < 1.29 is 12.9 Å². The third-order valence-corrected chi connectivity index (χ3v) is 5.31.